The van der Waals surface area contributed by atoms with Crippen LogP contribution in [0.5, 0.6) is 5.75 Å². The second kappa shape index (κ2) is 8.41. The Balaban J connectivity index is 2.48. The van der Waals surface area contributed by atoms with Crippen molar-refractivity contribution in [2.24, 2.45) is 5.73 Å². The largest absolute Gasteiger partial charge is 0.482 e. The summed E-state index contributed by atoms with van der Waals surface area (Å²) in [5, 5.41) is 11.4. The van der Waals surface area contributed by atoms with Crippen LogP contribution < -0.4 is 15.8 Å². The van der Waals surface area contributed by atoms with Crippen molar-refractivity contribution in [3.8, 4) is 11.8 Å². The number of nitrogens with two attached hydrogens (primary N) is 1. The third-order valence-electron chi connectivity index (χ3n) is 2.47. The van der Waals surface area contributed by atoms with Crippen LogP contribution in [-0.4, -0.2) is 25.1 Å². The van der Waals surface area contributed by atoms with Gasteiger partial charge < -0.3 is 15.8 Å². The molecule has 0 heterocycles. The lowest BCUT2D eigenvalue weighted by atomic mass is 10.1. The fourth-order valence-corrected chi connectivity index (χ4v) is 1.87. The molecule has 3 N–H and O–H groups in total. The van der Waals surface area contributed by atoms with E-state index in [0.717, 1.165) is 12.0 Å². The Morgan fingerprint density at radius 2 is 2.35 bits per heavy atom. The molecule has 0 spiro atoms. The average Bonchev–Trinajstić information content (AvgIpc) is 2.37. The molecule has 1 rings (SSSR count). The molecule has 1 atom stereocenters. The molecule has 0 aliphatic rings. The molecule has 1 unspecified atom stereocenters. The zero-order chi connectivity index (χ0) is 15.0. The number of amides is 1. The van der Waals surface area contributed by atoms with Gasteiger partial charge in [0, 0.05) is 12.6 Å². The number of hydrogen-bond donors (Lipinski definition) is 2. The number of hydrogen-bond acceptors (Lipinski definition) is 4. The summed E-state index contributed by atoms with van der Waals surface area (Å²) in [5.41, 5.74) is 6.74. The van der Waals surface area contributed by atoms with Crippen LogP contribution in [0, 0.1) is 11.3 Å². The third-order valence-corrected chi connectivity index (χ3v) is 2.77. The first-order valence-electron chi connectivity index (χ1n) is 6.33. The van der Waals surface area contributed by atoms with E-state index in [1.54, 1.807) is 12.1 Å². The van der Waals surface area contributed by atoms with Crippen molar-refractivity contribution in [2.75, 3.05) is 13.2 Å². The first kappa shape index (κ1) is 16.3. The highest BCUT2D eigenvalue weighted by molar-refractivity contribution is 6.32. The predicted molar refractivity (Wildman–Crippen MR) is 77.5 cm³/mol. The van der Waals surface area contributed by atoms with Gasteiger partial charge in [-0.1, -0.05) is 17.7 Å². The van der Waals surface area contributed by atoms with Crippen LogP contribution in [0.2, 0.25) is 5.02 Å². The Morgan fingerprint density at radius 1 is 1.60 bits per heavy atom. The third kappa shape index (κ3) is 5.91. The SMILES string of the molecule is CC(N)Cc1ccc(OCC(=O)NCCC#N)c(Cl)c1. The first-order chi connectivity index (χ1) is 9.52. The van der Waals surface area contributed by atoms with Crippen LogP contribution in [0.3, 0.4) is 0 Å². The highest BCUT2D eigenvalue weighted by Crippen LogP contribution is 2.25. The molecule has 6 heteroatoms. The summed E-state index contributed by atoms with van der Waals surface area (Å²) in [6.07, 6.45) is 1.01. The second-order valence-electron chi connectivity index (χ2n) is 4.49. The van der Waals surface area contributed by atoms with E-state index in [2.05, 4.69) is 5.32 Å². The Bertz CT molecular complexity index is 498. The zero-order valence-electron chi connectivity index (χ0n) is 11.4. The van der Waals surface area contributed by atoms with Gasteiger partial charge in [0.15, 0.2) is 6.61 Å². The number of rotatable bonds is 7. The smallest absolute Gasteiger partial charge is 0.257 e. The maximum absolute atomic E-state index is 11.4. The minimum atomic E-state index is -0.282. The topological polar surface area (TPSA) is 88.1 Å². The van der Waals surface area contributed by atoms with E-state index >= 15 is 0 Å². The van der Waals surface area contributed by atoms with Crippen LogP contribution >= 0.6 is 11.6 Å². The van der Waals surface area contributed by atoms with E-state index in [9.17, 15) is 4.79 Å². The lowest BCUT2D eigenvalue weighted by Gasteiger charge is -2.10. The molecule has 0 aromatic heterocycles. The minimum Gasteiger partial charge on any atom is -0.482 e. The Hall–Kier alpha value is -1.77. The van der Waals surface area contributed by atoms with E-state index < -0.39 is 0 Å². The van der Waals surface area contributed by atoms with Crippen LogP contribution in [0.25, 0.3) is 0 Å². The van der Waals surface area contributed by atoms with Gasteiger partial charge in [0.2, 0.25) is 0 Å². The normalized spacial score (nSPS) is 11.5. The van der Waals surface area contributed by atoms with E-state index in [-0.39, 0.29) is 25.0 Å². The molecule has 5 nitrogen and oxygen atoms in total. The molecular formula is C14H18ClN3O2. The maximum Gasteiger partial charge on any atom is 0.257 e. The molecule has 0 saturated carbocycles. The van der Waals surface area contributed by atoms with Crippen molar-refractivity contribution in [3.05, 3.63) is 28.8 Å². The van der Waals surface area contributed by atoms with Crippen LogP contribution in [0.1, 0.15) is 18.9 Å². The van der Waals surface area contributed by atoms with Crippen LogP contribution in [0.4, 0.5) is 0 Å². The van der Waals surface area contributed by atoms with E-state index in [1.165, 1.54) is 0 Å². The molecule has 108 valence electrons. The van der Waals surface area contributed by atoms with Gasteiger partial charge in [-0.2, -0.15) is 5.26 Å². The number of nitriles is 1. The average molecular weight is 296 g/mol. The minimum absolute atomic E-state index is 0.0590. The number of nitrogens with zero attached hydrogens (tertiary/aromatic N) is 1. The van der Waals surface area contributed by atoms with Gasteiger partial charge >= 0.3 is 0 Å². The monoisotopic (exact) mass is 295 g/mol. The molecule has 0 saturated heterocycles. The van der Waals surface area contributed by atoms with Gasteiger partial charge in [0.1, 0.15) is 5.75 Å². The lowest BCUT2D eigenvalue weighted by molar-refractivity contribution is -0.123. The van der Waals surface area contributed by atoms with Crippen molar-refractivity contribution < 1.29 is 9.53 Å². The number of ether oxygens (including phenoxy) is 1. The number of carbonyl (C=O) groups is 1. The fourth-order valence-electron chi connectivity index (χ4n) is 1.61. The van der Waals surface area contributed by atoms with Crippen molar-refractivity contribution >= 4 is 17.5 Å². The number of benzene rings is 1. The van der Waals surface area contributed by atoms with Gasteiger partial charge in [-0.25, -0.2) is 0 Å². The van der Waals surface area contributed by atoms with Gasteiger partial charge in [0.25, 0.3) is 5.91 Å². The fraction of sp³-hybridized carbons (Fsp3) is 0.429. The van der Waals surface area contributed by atoms with E-state index in [0.29, 0.717) is 17.3 Å². The van der Waals surface area contributed by atoms with Crippen molar-refractivity contribution in [1.82, 2.24) is 5.32 Å². The summed E-state index contributed by atoms with van der Waals surface area (Å²) in [7, 11) is 0. The van der Waals surface area contributed by atoms with Crippen molar-refractivity contribution in [2.45, 2.75) is 25.8 Å². The number of nitrogens with one attached hydrogen (secondary N) is 1. The zero-order valence-corrected chi connectivity index (χ0v) is 12.1. The molecule has 20 heavy (non-hydrogen) atoms. The molecule has 1 aromatic carbocycles. The summed E-state index contributed by atoms with van der Waals surface area (Å²) in [5.74, 6) is 0.173. The van der Waals surface area contributed by atoms with Crippen molar-refractivity contribution in [3.63, 3.8) is 0 Å². The molecule has 1 aromatic rings. The van der Waals surface area contributed by atoms with E-state index in [4.69, 9.17) is 27.3 Å². The molecule has 0 radical (unpaired) electrons. The lowest BCUT2D eigenvalue weighted by Crippen LogP contribution is -2.29. The maximum atomic E-state index is 11.4. The summed E-state index contributed by atoms with van der Waals surface area (Å²) in [6.45, 7) is 2.11. The van der Waals surface area contributed by atoms with Gasteiger partial charge in [-0.3, -0.25) is 4.79 Å². The Labute approximate surface area is 123 Å². The second-order valence-corrected chi connectivity index (χ2v) is 4.90. The van der Waals surface area contributed by atoms with Gasteiger partial charge in [-0.15, -0.1) is 0 Å². The Morgan fingerprint density at radius 3 is 2.95 bits per heavy atom. The molecular weight excluding hydrogens is 278 g/mol. The predicted octanol–water partition coefficient (Wildman–Crippen LogP) is 1.64. The standard InChI is InChI=1S/C14H18ClN3O2/c1-10(17)7-11-3-4-13(12(15)8-11)20-9-14(19)18-6-2-5-16/h3-4,8,10H,2,6-7,9,17H2,1H3,(H,18,19). The van der Waals surface area contributed by atoms with Gasteiger partial charge in [-0.05, 0) is 31.0 Å². The highest BCUT2D eigenvalue weighted by atomic mass is 35.5. The quantitative estimate of drug-likeness (QED) is 0.749. The number of carbonyl (C=O) groups excluding carboxylic acids is 1. The van der Waals surface area contributed by atoms with E-state index in [1.807, 2.05) is 19.1 Å². The summed E-state index contributed by atoms with van der Waals surface area (Å²) < 4.78 is 5.33. The molecule has 0 aliphatic carbocycles. The molecule has 0 fully saturated rings. The Kier molecular flexibility index (Phi) is 6.85. The number of halogens is 1. The van der Waals surface area contributed by atoms with Crippen molar-refractivity contribution in [1.29, 1.82) is 5.26 Å². The van der Waals surface area contributed by atoms with Crippen LogP contribution in [0.15, 0.2) is 18.2 Å². The first-order valence-corrected chi connectivity index (χ1v) is 6.71. The summed E-state index contributed by atoms with van der Waals surface area (Å²) in [6, 6.07) is 7.38. The molecule has 1 amide bonds. The molecule has 0 aliphatic heterocycles. The highest BCUT2D eigenvalue weighted by Gasteiger charge is 2.07. The summed E-state index contributed by atoms with van der Waals surface area (Å²) >= 11 is 6.08. The van der Waals surface area contributed by atoms with Gasteiger partial charge in [0.05, 0.1) is 17.5 Å². The van der Waals surface area contributed by atoms with Crippen LogP contribution in [-0.2, 0) is 11.2 Å². The molecule has 0 bridgehead atoms. The summed E-state index contributed by atoms with van der Waals surface area (Å²) in [4.78, 5) is 11.4.